The third-order valence-corrected chi connectivity index (χ3v) is 2.00. The Kier molecular flexibility index (Phi) is 4.35. The van der Waals surface area contributed by atoms with Gasteiger partial charge in [0.05, 0.1) is 12.3 Å². The molecule has 1 atom stereocenters. The Labute approximate surface area is 79.0 Å². The summed E-state index contributed by atoms with van der Waals surface area (Å²) in [5, 5.41) is 2.60. The molecule has 78 valence electrons. The van der Waals surface area contributed by atoms with Crippen molar-refractivity contribution in [3.05, 3.63) is 0 Å². The van der Waals surface area contributed by atoms with Gasteiger partial charge in [0.2, 0.25) is 15.9 Å². The second-order valence-electron chi connectivity index (χ2n) is 3.27. The van der Waals surface area contributed by atoms with Crippen LogP contribution in [0.4, 0.5) is 0 Å². The molecule has 0 spiro atoms. The molecule has 13 heavy (non-hydrogen) atoms. The van der Waals surface area contributed by atoms with Gasteiger partial charge in [-0.25, -0.2) is 13.1 Å². The van der Waals surface area contributed by atoms with Crippen molar-refractivity contribution in [2.75, 3.05) is 6.26 Å². The van der Waals surface area contributed by atoms with E-state index in [1.807, 2.05) is 13.8 Å². The van der Waals surface area contributed by atoms with Crippen molar-refractivity contribution in [3.63, 3.8) is 0 Å². The van der Waals surface area contributed by atoms with E-state index in [1.54, 1.807) is 0 Å². The molecule has 1 amide bonds. The van der Waals surface area contributed by atoms with Crippen molar-refractivity contribution >= 4 is 15.9 Å². The van der Waals surface area contributed by atoms with E-state index < -0.39 is 16.1 Å². The lowest BCUT2D eigenvalue weighted by Crippen LogP contribution is -2.46. The molecule has 0 saturated heterocycles. The molecule has 0 bridgehead atoms. The number of amides is 1. The minimum absolute atomic E-state index is 0.0105. The van der Waals surface area contributed by atoms with Gasteiger partial charge in [-0.1, -0.05) is 0 Å². The zero-order valence-electron chi connectivity index (χ0n) is 8.29. The summed E-state index contributed by atoms with van der Waals surface area (Å²) >= 11 is 0. The summed E-state index contributed by atoms with van der Waals surface area (Å²) in [6.07, 6.45) is 1.02. The van der Waals surface area contributed by atoms with E-state index in [2.05, 4.69) is 10.0 Å². The molecule has 0 heterocycles. The Balaban J connectivity index is 4.13. The lowest BCUT2D eigenvalue weighted by atomic mass is 10.3. The zero-order chi connectivity index (χ0) is 10.6. The molecular weight excluding hydrogens is 192 g/mol. The second-order valence-corrected chi connectivity index (χ2v) is 5.06. The molecule has 0 saturated carbocycles. The summed E-state index contributed by atoms with van der Waals surface area (Å²) in [6.45, 7) is 5.12. The van der Waals surface area contributed by atoms with Crippen LogP contribution in [0.15, 0.2) is 0 Å². The molecule has 2 N–H and O–H groups in total. The molecule has 1 unspecified atom stereocenters. The van der Waals surface area contributed by atoms with Gasteiger partial charge in [-0.15, -0.1) is 0 Å². The quantitative estimate of drug-likeness (QED) is 0.651. The third kappa shape index (κ3) is 6.53. The lowest BCUT2D eigenvalue weighted by Gasteiger charge is -2.14. The molecule has 0 aliphatic rings. The van der Waals surface area contributed by atoms with Crippen molar-refractivity contribution in [2.24, 2.45) is 0 Å². The Morgan fingerprint density at radius 2 is 1.69 bits per heavy atom. The van der Waals surface area contributed by atoms with Crippen LogP contribution in [-0.2, 0) is 14.8 Å². The smallest absolute Gasteiger partial charge is 0.238 e. The van der Waals surface area contributed by atoms with Gasteiger partial charge < -0.3 is 5.32 Å². The number of sulfonamides is 1. The van der Waals surface area contributed by atoms with E-state index in [0.29, 0.717) is 0 Å². The molecule has 0 aromatic carbocycles. The average Bonchev–Trinajstić information content (AvgIpc) is 1.81. The second kappa shape index (κ2) is 4.57. The molecular formula is C7H16N2O3S. The van der Waals surface area contributed by atoms with Crippen LogP contribution in [0.2, 0.25) is 0 Å². The van der Waals surface area contributed by atoms with Gasteiger partial charge in [0.1, 0.15) is 0 Å². The van der Waals surface area contributed by atoms with Crippen molar-refractivity contribution in [2.45, 2.75) is 32.9 Å². The number of carbonyl (C=O) groups is 1. The predicted octanol–water partition coefficient (Wildman–Crippen LogP) is -0.551. The molecule has 0 aliphatic heterocycles. The normalized spacial score (nSPS) is 14.2. The standard InChI is InChI=1S/C7H16N2O3S/c1-5(2)8-7(10)6(3)9-13(4,11)12/h5-6,9H,1-4H3,(H,8,10). The fourth-order valence-electron chi connectivity index (χ4n) is 0.784. The number of carbonyl (C=O) groups excluding carboxylic acids is 1. The van der Waals surface area contributed by atoms with Crippen molar-refractivity contribution in [3.8, 4) is 0 Å². The first-order valence-electron chi connectivity index (χ1n) is 4.00. The van der Waals surface area contributed by atoms with Crippen LogP contribution < -0.4 is 10.0 Å². The molecule has 5 nitrogen and oxygen atoms in total. The van der Waals surface area contributed by atoms with Crippen LogP contribution in [-0.4, -0.2) is 32.7 Å². The van der Waals surface area contributed by atoms with Gasteiger partial charge in [0.25, 0.3) is 0 Å². The van der Waals surface area contributed by atoms with E-state index >= 15 is 0 Å². The minimum atomic E-state index is -3.32. The fraction of sp³-hybridized carbons (Fsp3) is 0.857. The van der Waals surface area contributed by atoms with E-state index in [1.165, 1.54) is 6.92 Å². The minimum Gasteiger partial charge on any atom is -0.353 e. The van der Waals surface area contributed by atoms with Crippen LogP contribution in [0.25, 0.3) is 0 Å². The van der Waals surface area contributed by atoms with Gasteiger partial charge in [-0.05, 0) is 20.8 Å². The summed E-state index contributed by atoms with van der Waals surface area (Å²) in [4.78, 5) is 11.2. The summed E-state index contributed by atoms with van der Waals surface area (Å²) in [6, 6.07) is -0.714. The summed E-state index contributed by atoms with van der Waals surface area (Å²) in [7, 11) is -3.32. The van der Waals surface area contributed by atoms with Crippen LogP contribution >= 0.6 is 0 Å². The van der Waals surface area contributed by atoms with Crippen LogP contribution in [0, 0.1) is 0 Å². The fourth-order valence-corrected chi connectivity index (χ4v) is 1.53. The first kappa shape index (κ1) is 12.4. The first-order chi connectivity index (χ1) is 5.72. The molecule has 0 radical (unpaired) electrons. The van der Waals surface area contributed by atoms with E-state index in [9.17, 15) is 13.2 Å². The van der Waals surface area contributed by atoms with Gasteiger partial charge >= 0.3 is 0 Å². The molecule has 6 heteroatoms. The average molecular weight is 208 g/mol. The van der Waals surface area contributed by atoms with Gasteiger partial charge in [0.15, 0.2) is 0 Å². The van der Waals surface area contributed by atoms with E-state index in [0.717, 1.165) is 6.26 Å². The Morgan fingerprint density at radius 1 is 1.23 bits per heavy atom. The Bertz CT molecular complexity index is 271. The largest absolute Gasteiger partial charge is 0.353 e. The van der Waals surface area contributed by atoms with Gasteiger partial charge in [-0.3, -0.25) is 4.79 Å². The van der Waals surface area contributed by atoms with Crippen molar-refractivity contribution in [1.29, 1.82) is 0 Å². The zero-order valence-corrected chi connectivity index (χ0v) is 9.10. The molecule has 0 aliphatic carbocycles. The highest BCUT2D eigenvalue weighted by molar-refractivity contribution is 7.88. The van der Waals surface area contributed by atoms with E-state index in [4.69, 9.17) is 0 Å². The molecule has 0 fully saturated rings. The number of hydrogen-bond donors (Lipinski definition) is 2. The Hall–Kier alpha value is -0.620. The van der Waals surface area contributed by atoms with Crippen LogP contribution in [0.3, 0.4) is 0 Å². The number of rotatable bonds is 4. The van der Waals surface area contributed by atoms with Crippen molar-refractivity contribution < 1.29 is 13.2 Å². The third-order valence-electron chi connectivity index (χ3n) is 1.22. The molecule has 0 aromatic heterocycles. The highest BCUT2D eigenvalue weighted by atomic mass is 32.2. The highest BCUT2D eigenvalue weighted by Crippen LogP contribution is 1.87. The molecule has 0 aromatic rings. The van der Waals surface area contributed by atoms with Gasteiger partial charge in [0, 0.05) is 6.04 Å². The van der Waals surface area contributed by atoms with Crippen LogP contribution in [0.5, 0.6) is 0 Å². The van der Waals surface area contributed by atoms with Crippen molar-refractivity contribution in [1.82, 2.24) is 10.0 Å². The summed E-state index contributed by atoms with van der Waals surface area (Å²) < 4.78 is 23.7. The van der Waals surface area contributed by atoms with Gasteiger partial charge in [-0.2, -0.15) is 0 Å². The maximum absolute atomic E-state index is 11.2. The topological polar surface area (TPSA) is 75.3 Å². The SMILES string of the molecule is CC(C)NC(=O)C(C)NS(C)(=O)=O. The lowest BCUT2D eigenvalue weighted by molar-refractivity contribution is -0.122. The van der Waals surface area contributed by atoms with E-state index in [-0.39, 0.29) is 11.9 Å². The number of nitrogens with one attached hydrogen (secondary N) is 2. The maximum Gasteiger partial charge on any atom is 0.238 e. The maximum atomic E-state index is 11.2. The monoisotopic (exact) mass is 208 g/mol. The number of hydrogen-bond acceptors (Lipinski definition) is 3. The van der Waals surface area contributed by atoms with Crippen LogP contribution in [0.1, 0.15) is 20.8 Å². The molecule has 0 rings (SSSR count). The predicted molar refractivity (Wildman–Crippen MR) is 50.7 cm³/mol. The summed E-state index contributed by atoms with van der Waals surface area (Å²) in [5.41, 5.74) is 0. The highest BCUT2D eigenvalue weighted by Gasteiger charge is 2.16. The first-order valence-corrected chi connectivity index (χ1v) is 5.89. The summed E-state index contributed by atoms with van der Waals surface area (Å²) in [5.74, 6) is -0.319. The Morgan fingerprint density at radius 3 is 2.00 bits per heavy atom.